The van der Waals surface area contributed by atoms with Crippen molar-refractivity contribution in [3.8, 4) is 51.2 Å². The zero-order valence-electron chi connectivity index (χ0n) is 26.0. The fraction of sp³-hybridized carbons (Fsp3) is 0.235. The van der Waals surface area contributed by atoms with Gasteiger partial charge in [0.2, 0.25) is 17.8 Å². The first-order valence-corrected chi connectivity index (χ1v) is 16.0. The molecule has 0 saturated heterocycles. The van der Waals surface area contributed by atoms with Crippen LogP contribution in [0.25, 0.3) is 51.2 Å². The molecule has 10 nitrogen and oxygen atoms in total. The van der Waals surface area contributed by atoms with Crippen molar-refractivity contribution in [2.75, 3.05) is 36.0 Å². The second kappa shape index (κ2) is 13.7. The minimum absolute atomic E-state index is 0.478. The first kappa shape index (κ1) is 31.2. The van der Waals surface area contributed by atoms with Crippen molar-refractivity contribution in [2.45, 2.75) is 27.7 Å². The Balaban J connectivity index is 1.32. The fourth-order valence-electron chi connectivity index (χ4n) is 5.06. The van der Waals surface area contributed by atoms with Crippen LogP contribution in [0.1, 0.15) is 27.7 Å². The summed E-state index contributed by atoms with van der Waals surface area (Å²) < 4.78 is 8.06. The number of hydrogen-bond acceptors (Lipinski definition) is 9. The lowest BCUT2D eigenvalue weighted by atomic mass is 10.1. The molecule has 0 bridgehead atoms. The highest BCUT2D eigenvalue weighted by molar-refractivity contribution is 6.31. The van der Waals surface area contributed by atoms with Crippen LogP contribution in [0, 0.1) is 0 Å². The van der Waals surface area contributed by atoms with E-state index < -0.39 is 0 Å². The van der Waals surface area contributed by atoms with E-state index in [-0.39, 0.29) is 0 Å². The van der Waals surface area contributed by atoms with Gasteiger partial charge in [0.05, 0.1) is 11.9 Å². The first-order valence-electron chi connectivity index (χ1n) is 15.2. The molecular weight excluding hydrogens is 621 g/mol. The maximum atomic E-state index is 6.36. The Labute approximate surface area is 277 Å². The Bertz CT molecular complexity index is 1820. The van der Waals surface area contributed by atoms with Gasteiger partial charge in [-0.25, -0.2) is 9.67 Å². The van der Waals surface area contributed by atoms with E-state index >= 15 is 0 Å². The molecule has 46 heavy (non-hydrogen) atoms. The summed E-state index contributed by atoms with van der Waals surface area (Å²) in [5.74, 6) is 2.85. The van der Waals surface area contributed by atoms with Gasteiger partial charge in [-0.05, 0) is 88.4 Å². The summed E-state index contributed by atoms with van der Waals surface area (Å²) >= 11 is 12.3. The van der Waals surface area contributed by atoms with Crippen molar-refractivity contribution in [2.24, 2.45) is 0 Å². The zero-order chi connectivity index (χ0) is 32.2. The van der Waals surface area contributed by atoms with E-state index in [1.54, 1.807) is 4.68 Å². The highest BCUT2D eigenvalue weighted by atomic mass is 35.5. The summed E-state index contributed by atoms with van der Waals surface area (Å²) in [5.41, 5.74) is 4.65. The molecule has 0 unspecified atom stereocenters. The van der Waals surface area contributed by atoms with Crippen LogP contribution in [-0.4, -0.2) is 61.1 Å². The third-order valence-electron chi connectivity index (χ3n) is 7.66. The van der Waals surface area contributed by atoms with Gasteiger partial charge in [0.15, 0.2) is 17.3 Å². The van der Waals surface area contributed by atoms with Crippen LogP contribution < -0.4 is 9.80 Å². The molecule has 0 amide bonds. The molecule has 0 radical (unpaired) electrons. The number of anilines is 2. The molecule has 0 fully saturated rings. The topological polar surface area (TPSA) is 102 Å². The van der Waals surface area contributed by atoms with Crippen molar-refractivity contribution in [1.82, 2.24) is 34.9 Å². The molecular formula is C34H33Cl2N9O. The number of nitrogens with zero attached hydrogens (tertiary/aromatic N) is 9. The van der Waals surface area contributed by atoms with Crippen LogP contribution in [0.15, 0.2) is 83.4 Å². The fourth-order valence-corrected chi connectivity index (χ4v) is 5.31. The van der Waals surface area contributed by atoms with Crippen LogP contribution >= 0.6 is 23.2 Å². The highest BCUT2D eigenvalue weighted by Gasteiger charge is 2.20. The van der Waals surface area contributed by atoms with Gasteiger partial charge in [0.1, 0.15) is 5.69 Å². The molecule has 3 aromatic heterocycles. The lowest BCUT2D eigenvalue weighted by molar-refractivity contribution is 0.589. The molecule has 6 rings (SSSR count). The number of hydrogen-bond donors (Lipinski definition) is 0. The van der Waals surface area contributed by atoms with Crippen LogP contribution in [0.2, 0.25) is 10.0 Å². The summed E-state index contributed by atoms with van der Waals surface area (Å²) in [7, 11) is 0. The minimum Gasteiger partial charge on any atom is -0.435 e. The first-order chi connectivity index (χ1) is 22.4. The number of benzene rings is 3. The molecule has 0 saturated carbocycles. The highest BCUT2D eigenvalue weighted by Crippen LogP contribution is 2.37. The van der Waals surface area contributed by atoms with Crippen molar-refractivity contribution in [3.05, 3.63) is 89.0 Å². The number of aromatic nitrogens is 7. The molecule has 3 aromatic carbocycles. The SMILES string of the molecule is CCN(CC)c1nc(-c2cn(-c3ccc(-c4nc(-c5ccc(Cl)cc5)c(-c5ccc(Cl)cc5)o4)cc3)nn2)nc(N(CC)CC)n1. The molecule has 0 aliphatic heterocycles. The minimum atomic E-state index is 0.478. The third-order valence-corrected chi connectivity index (χ3v) is 8.16. The van der Waals surface area contributed by atoms with Crippen molar-refractivity contribution in [1.29, 1.82) is 0 Å². The van der Waals surface area contributed by atoms with Gasteiger partial charge in [0.25, 0.3) is 0 Å². The molecule has 0 atom stereocenters. The predicted octanol–water partition coefficient (Wildman–Crippen LogP) is 8.11. The molecule has 12 heteroatoms. The van der Waals surface area contributed by atoms with Crippen LogP contribution in [0.4, 0.5) is 11.9 Å². The molecule has 0 spiro atoms. The second-order valence-electron chi connectivity index (χ2n) is 10.4. The Morgan fingerprint density at radius 1 is 0.630 bits per heavy atom. The zero-order valence-corrected chi connectivity index (χ0v) is 27.5. The summed E-state index contributed by atoms with van der Waals surface area (Å²) in [6.07, 6.45) is 1.82. The average molecular weight is 655 g/mol. The van der Waals surface area contributed by atoms with E-state index in [1.807, 2.05) is 79.0 Å². The van der Waals surface area contributed by atoms with Gasteiger partial charge in [-0.15, -0.1) is 5.10 Å². The maximum Gasteiger partial charge on any atom is 0.230 e. The van der Waals surface area contributed by atoms with Gasteiger partial charge in [0, 0.05) is 52.9 Å². The van der Waals surface area contributed by atoms with Crippen molar-refractivity contribution in [3.63, 3.8) is 0 Å². The molecule has 6 aromatic rings. The van der Waals surface area contributed by atoms with Crippen LogP contribution in [0.5, 0.6) is 0 Å². The van der Waals surface area contributed by atoms with E-state index in [0.717, 1.165) is 48.6 Å². The smallest absolute Gasteiger partial charge is 0.230 e. The lowest BCUT2D eigenvalue weighted by Gasteiger charge is -2.23. The van der Waals surface area contributed by atoms with E-state index in [1.165, 1.54) is 0 Å². The van der Waals surface area contributed by atoms with Gasteiger partial charge in [-0.1, -0.05) is 40.5 Å². The Morgan fingerprint density at radius 3 is 1.70 bits per heavy atom. The van der Waals surface area contributed by atoms with Crippen LogP contribution in [-0.2, 0) is 0 Å². The molecule has 3 heterocycles. The Hall–Kier alpha value is -4.80. The second-order valence-corrected chi connectivity index (χ2v) is 11.3. The summed E-state index contributed by atoms with van der Waals surface area (Å²) in [6.45, 7) is 11.5. The number of rotatable bonds is 11. The average Bonchev–Trinajstić information content (AvgIpc) is 3.76. The third kappa shape index (κ3) is 6.45. The molecule has 0 N–H and O–H groups in total. The normalized spacial score (nSPS) is 11.2. The lowest BCUT2D eigenvalue weighted by Crippen LogP contribution is -2.28. The molecule has 234 valence electrons. The Morgan fingerprint density at radius 2 is 1.15 bits per heavy atom. The molecule has 0 aliphatic rings. The Kier molecular flexibility index (Phi) is 9.28. The maximum absolute atomic E-state index is 6.36. The van der Waals surface area contributed by atoms with Crippen molar-refractivity contribution < 1.29 is 4.42 Å². The number of oxazole rings is 1. The van der Waals surface area contributed by atoms with E-state index in [2.05, 4.69) is 47.8 Å². The van der Waals surface area contributed by atoms with E-state index in [0.29, 0.717) is 50.8 Å². The van der Waals surface area contributed by atoms with Gasteiger partial charge in [-0.3, -0.25) is 0 Å². The summed E-state index contributed by atoms with van der Waals surface area (Å²) in [6, 6.07) is 22.8. The van der Waals surface area contributed by atoms with Gasteiger partial charge in [-0.2, -0.15) is 15.0 Å². The van der Waals surface area contributed by atoms with Crippen LogP contribution in [0.3, 0.4) is 0 Å². The number of halogens is 2. The van der Waals surface area contributed by atoms with Gasteiger partial charge >= 0.3 is 0 Å². The van der Waals surface area contributed by atoms with E-state index in [4.69, 9.17) is 47.6 Å². The summed E-state index contributed by atoms with van der Waals surface area (Å²) in [5, 5.41) is 10.1. The standard InChI is InChI=1S/C34H33Cl2N9O/c1-5-43(6-2)33-38-31(39-34(40-33)44(7-3)8-4)28-21-45(42-41-28)27-19-13-24(14-20-27)32-37-29(22-9-15-25(35)16-10-22)30(46-32)23-11-17-26(36)18-12-23/h9-21H,5-8H2,1-4H3. The van der Waals surface area contributed by atoms with E-state index in [9.17, 15) is 0 Å². The van der Waals surface area contributed by atoms with Gasteiger partial charge < -0.3 is 14.2 Å². The molecule has 0 aliphatic carbocycles. The van der Waals surface area contributed by atoms with Crippen molar-refractivity contribution >= 4 is 35.1 Å². The quantitative estimate of drug-likeness (QED) is 0.137. The largest absolute Gasteiger partial charge is 0.435 e. The monoisotopic (exact) mass is 653 g/mol. The summed E-state index contributed by atoms with van der Waals surface area (Å²) in [4.78, 5) is 23.3. The predicted molar refractivity (Wildman–Crippen MR) is 184 cm³/mol.